The minimum atomic E-state index is -0.457. The first-order valence-corrected chi connectivity index (χ1v) is 5.68. The summed E-state index contributed by atoms with van der Waals surface area (Å²) in [5, 5.41) is 2.26. The number of nitrogens with two attached hydrogens (primary N) is 1. The fraction of sp³-hybridized carbons (Fsp3) is 0.231. The van der Waals surface area contributed by atoms with Crippen molar-refractivity contribution in [3.63, 3.8) is 0 Å². The number of piperidine rings is 1. The van der Waals surface area contributed by atoms with Gasteiger partial charge in [-0.25, -0.2) is 0 Å². The summed E-state index contributed by atoms with van der Waals surface area (Å²) in [6.45, 7) is 1.95. The van der Waals surface area contributed by atoms with Gasteiger partial charge in [-0.05, 0) is 13.0 Å². The minimum absolute atomic E-state index is 0.0846. The van der Waals surface area contributed by atoms with Gasteiger partial charge < -0.3 is 10.5 Å². The topological polar surface area (TPSA) is 81.4 Å². The monoisotopic (exact) mass is 244 g/mol. The molecule has 0 radical (unpaired) electrons. The van der Waals surface area contributed by atoms with Crippen molar-refractivity contribution < 1.29 is 14.3 Å². The zero-order chi connectivity index (χ0) is 12.9. The van der Waals surface area contributed by atoms with Crippen molar-refractivity contribution >= 4 is 11.8 Å². The number of nitrogens with one attached hydrogen (secondary N) is 1. The van der Waals surface area contributed by atoms with Gasteiger partial charge in [0, 0.05) is 17.9 Å². The molecule has 1 aromatic rings. The van der Waals surface area contributed by atoms with Crippen LogP contribution in [0.25, 0.3) is 0 Å². The van der Waals surface area contributed by atoms with Gasteiger partial charge in [-0.1, -0.05) is 17.7 Å². The number of carbonyl (C=O) groups excluding carboxylic acids is 2. The highest BCUT2D eigenvalue weighted by atomic mass is 16.5. The van der Waals surface area contributed by atoms with Crippen LogP contribution >= 0.6 is 0 Å². The first-order chi connectivity index (χ1) is 8.56. The van der Waals surface area contributed by atoms with E-state index in [1.807, 2.05) is 25.1 Å². The van der Waals surface area contributed by atoms with E-state index in [0.717, 1.165) is 11.1 Å². The molecule has 3 rings (SSSR count). The van der Waals surface area contributed by atoms with Crippen LogP contribution in [-0.2, 0) is 9.59 Å². The average Bonchev–Trinajstić information content (AvgIpc) is 2.29. The van der Waals surface area contributed by atoms with Crippen molar-refractivity contribution in [2.45, 2.75) is 19.3 Å². The van der Waals surface area contributed by atoms with Crippen LogP contribution in [0.15, 0.2) is 29.7 Å². The summed E-state index contributed by atoms with van der Waals surface area (Å²) >= 11 is 0. The SMILES string of the molecule is Cc1ccc2c(c1)C1CC(=O)NC(=O)C1=C(N)O2. The highest BCUT2D eigenvalue weighted by molar-refractivity contribution is 6.09. The summed E-state index contributed by atoms with van der Waals surface area (Å²) in [6.07, 6.45) is 0.224. The van der Waals surface area contributed by atoms with Gasteiger partial charge >= 0.3 is 0 Å². The lowest BCUT2D eigenvalue weighted by molar-refractivity contribution is -0.130. The molecular weight excluding hydrogens is 232 g/mol. The van der Waals surface area contributed by atoms with Gasteiger partial charge in [0.15, 0.2) is 5.88 Å². The number of hydrogen-bond acceptors (Lipinski definition) is 4. The lowest BCUT2D eigenvalue weighted by Gasteiger charge is -2.31. The number of fused-ring (bicyclic) bond motifs is 3. The van der Waals surface area contributed by atoms with E-state index in [-0.39, 0.29) is 24.1 Å². The molecule has 92 valence electrons. The summed E-state index contributed by atoms with van der Waals surface area (Å²) in [5.41, 5.74) is 8.02. The molecule has 0 saturated carbocycles. The van der Waals surface area contributed by atoms with Gasteiger partial charge in [0.2, 0.25) is 5.91 Å². The lowest BCUT2D eigenvalue weighted by atomic mass is 9.82. The molecule has 1 aromatic carbocycles. The molecule has 0 bridgehead atoms. The lowest BCUT2D eigenvalue weighted by Crippen LogP contribution is -2.43. The van der Waals surface area contributed by atoms with Crippen LogP contribution in [0.4, 0.5) is 0 Å². The molecular formula is C13H12N2O3. The number of imide groups is 1. The summed E-state index contributed by atoms with van der Waals surface area (Å²) in [4.78, 5) is 23.3. The smallest absolute Gasteiger partial charge is 0.259 e. The molecule has 5 heteroatoms. The molecule has 2 aliphatic heterocycles. The van der Waals surface area contributed by atoms with Crippen LogP contribution < -0.4 is 15.8 Å². The minimum Gasteiger partial charge on any atom is -0.441 e. The summed E-state index contributed by atoms with van der Waals surface area (Å²) < 4.78 is 5.45. The maximum atomic E-state index is 11.8. The second-order valence-electron chi connectivity index (χ2n) is 4.56. The number of benzene rings is 1. The molecule has 1 atom stereocenters. The van der Waals surface area contributed by atoms with Crippen LogP contribution in [0.2, 0.25) is 0 Å². The molecule has 18 heavy (non-hydrogen) atoms. The van der Waals surface area contributed by atoms with Gasteiger partial charge in [0.25, 0.3) is 5.91 Å². The Morgan fingerprint density at radius 2 is 2.17 bits per heavy atom. The van der Waals surface area contributed by atoms with Crippen molar-refractivity contribution in [2.75, 3.05) is 0 Å². The van der Waals surface area contributed by atoms with Gasteiger partial charge in [-0.3, -0.25) is 14.9 Å². The second-order valence-corrected chi connectivity index (χ2v) is 4.56. The van der Waals surface area contributed by atoms with Gasteiger partial charge in [-0.15, -0.1) is 0 Å². The molecule has 3 N–H and O–H groups in total. The number of carbonyl (C=O) groups is 2. The Balaban J connectivity index is 2.17. The van der Waals surface area contributed by atoms with Crippen molar-refractivity contribution in [2.24, 2.45) is 5.73 Å². The third-order valence-corrected chi connectivity index (χ3v) is 3.26. The quantitative estimate of drug-likeness (QED) is 0.658. The molecule has 1 saturated heterocycles. The number of aryl methyl sites for hydroxylation is 1. The van der Waals surface area contributed by atoms with Crippen molar-refractivity contribution in [3.8, 4) is 5.75 Å². The van der Waals surface area contributed by atoms with Crippen LogP contribution in [-0.4, -0.2) is 11.8 Å². The Hall–Kier alpha value is -2.30. The number of ether oxygens (including phenoxy) is 1. The first-order valence-electron chi connectivity index (χ1n) is 5.68. The predicted molar refractivity (Wildman–Crippen MR) is 63.5 cm³/mol. The third kappa shape index (κ3) is 1.48. The first kappa shape index (κ1) is 10.8. The van der Waals surface area contributed by atoms with Crippen molar-refractivity contribution in [1.82, 2.24) is 5.32 Å². The largest absolute Gasteiger partial charge is 0.441 e. The Morgan fingerprint density at radius 3 is 2.94 bits per heavy atom. The van der Waals surface area contributed by atoms with Crippen LogP contribution in [0, 0.1) is 6.92 Å². The average molecular weight is 244 g/mol. The van der Waals surface area contributed by atoms with Crippen LogP contribution in [0.1, 0.15) is 23.5 Å². The van der Waals surface area contributed by atoms with Crippen LogP contribution in [0.5, 0.6) is 5.75 Å². The molecule has 2 heterocycles. The molecule has 2 amide bonds. The number of hydrogen-bond donors (Lipinski definition) is 2. The fourth-order valence-electron chi connectivity index (χ4n) is 2.45. The zero-order valence-corrected chi connectivity index (χ0v) is 9.82. The van der Waals surface area contributed by atoms with E-state index < -0.39 is 5.91 Å². The second kappa shape index (κ2) is 3.60. The normalized spacial score (nSPS) is 21.9. The van der Waals surface area contributed by atoms with E-state index in [4.69, 9.17) is 10.5 Å². The van der Waals surface area contributed by atoms with Crippen molar-refractivity contribution in [1.29, 1.82) is 0 Å². The Labute approximate surface area is 104 Å². The van der Waals surface area contributed by atoms with E-state index in [1.165, 1.54) is 0 Å². The van der Waals surface area contributed by atoms with E-state index in [9.17, 15) is 9.59 Å². The molecule has 0 spiro atoms. The summed E-state index contributed by atoms with van der Waals surface area (Å²) in [6, 6.07) is 5.64. The van der Waals surface area contributed by atoms with E-state index in [2.05, 4.69) is 5.32 Å². The Morgan fingerprint density at radius 1 is 1.39 bits per heavy atom. The standard InChI is InChI=1S/C13H12N2O3/c1-6-2-3-9-7(4-6)8-5-10(16)15-13(17)11(8)12(14)18-9/h2-4,8H,5,14H2,1H3,(H,15,16,17). The predicted octanol–water partition coefficient (Wildman–Crippen LogP) is 0.688. The molecule has 1 fully saturated rings. The maximum Gasteiger partial charge on any atom is 0.259 e. The highest BCUT2D eigenvalue weighted by Gasteiger charge is 2.38. The van der Waals surface area contributed by atoms with E-state index >= 15 is 0 Å². The van der Waals surface area contributed by atoms with Crippen molar-refractivity contribution in [3.05, 3.63) is 40.8 Å². The van der Waals surface area contributed by atoms with Gasteiger partial charge in [-0.2, -0.15) is 0 Å². The summed E-state index contributed by atoms with van der Waals surface area (Å²) in [7, 11) is 0. The van der Waals surface area contributed by atoms with Gasteiger partial charge in [0.1, 0.15) is 5.75 Å². The Kier molecular flexibility index (Phi) is 2.16. The number of rotatable bonds is 0. The van der Waals surface area contributed by atoms with Gasteiger partial charge in [0.05, 0.1) is 5.57 Å². The maximum absolute atomic E-state index is 11.8. The number of amides is 2. The third-order valence-electron chi connectivity index (χ3n) is 3.26. The molecule has 1 unspecified atom stereocenters. The van der Waals surface area contributed by atoms with E-state index in [0.29, 0.717) is 11.3 Å². The summed E-state index contributed by atoms with van der Waals surface area (Å²) in [5.74, 6) is -0.331. The van der Waals surface area contributed by atoms with Crippen LogP contribution in [0.3, 0.4) is 0 Å². The molecule has 5 nitrogen and oxygen atoms in total. The fourth-order valence-corrected chi connectivity index (χ4v) is 2.45. The Bertz CT molecular complexity index is 604. The highest BCUT2D eigenvalue weighted by Crippen LogP contribution is 2.41. The molecule has 2 aliphatic rings. The molecule has 0 aromatic heterocycles. The zero-order valence-electron chi connectivity index (χ0n) is 9.82. The molecule has 0 aliphatic carbocycles. The van der Waals surface area contributed by atoms with E-state index in [1.54, 1.807) is 0 Å².